The normalized spacial score (nSPS) is 29.5. The summed E-state index contributed by atoms with van der Waals surface area (Å²) in [5.74, 6) is -0.449. The van der Waals surface area contributed by atoms with Crippen molar-refractivity contribution in [2.45, 2.75) is 31.4 Å². The molecular formula is C20H25N3O3. The predicted octanol–water partition coefficient (Wildman–Crippen LogP) is 1.41. The minimum Gasteiger partial charge on any atom is -0.375 e. The van der Waals surface area contributed by atoms with Gasteiger partial charge >= 0.3 is 0 Å². The molecular weight excluding hydrogens is 330 g/mol. The maximum atomic E-state index is 12.8. The second kappa shape index (κ2) is 5.93. The third kappa shape index (κ3) is 2.32. The number of nitrogens with zero attached hydrogens (tertiary/aromatic N) is 2. The van der Waals surface area contributed by atoms with Crippen molar-refractivity contribution in [3.63, 3.8) is 0 Å². The monoisotopic (exact) mass is 355 g/mol. The molecule has 2 amide bonds. The van der Waals surface area contributed by atoms with Gasteiger partial charge in [0.05, 0.1) is 5.92 Å². The van der Waals surface area contributed by atoms with Crippen LogP contribution in [-0.2, 0) is 15.2 Å². The summed E-state index contributed by atoms with van der Waals surface area (Å²) >= 11 is 0. The largest absolute Gasteiger partial charge is 0.375 e. The SMILES string of the molecule is CCCN(C)C(=O)[C@H]1C=C2c3cccc4c3[C@@](O)(C[C@@H]2N(C)C1)C(=O)N4. The molecule has 0 bridgehead atoms. The lowest BCUT2D eigenvalue weighted by Gasteiger charge is -2.44. The van der Waals surface area contributed by atoms with E-state index < -0.39 is 5.60 Å². The second-order valence-electron chi connectivity index (χ2n) is 7.69. The first kappa shape index (κ1) is 17.2. The number of nitrogens with one attached hydrogen (secondary N) is 1. The molecule has 6 nitrogen and oxygen atoms in total. The lowest BCUT2D eigenvalue weighted by Crippen LogP contribution is -2.51. The number of fused-ring (bicyclic) bond motifs is 2. The Morgan fingerprint density at radius 1 is 1.46 bits per heavy atom. The van der Waals surface area contributed by atoms with E-state index in [-0.39, 0.29) is 23.8 Å². The number of likely N-dealkylation sites (N-methyl/N-ethyl adjacent to an activating group) is 1. The maximum absolute atomic E-state index is 12.8. The molecule has 1 aromatic rings. The fourth-order valence-electron chi connectivity index (χ4n) is 4.63. The zero-order valence-corrected chi connectivity index (χ0v) is 15.5. The minimum atomic E-state index is -1.49. The van der Waals surface area contributed by atoms with Gasteiger partial charge in [-0.05, 0) is 30.7 Å². The number of carbonyl (C=O) groups excluding carboxylic acids is 2. The Labute approximate surface area is 153 Å². The predicted molar refractivity (Wildman–Crippen MR) is 99.4 cm³/mol. The van der Waals surface area contributed by atoms with Crippen molar-refractivity contribution in [2.24, 2.45) is 5.92 Å². The lowest BCUT2D eigenvalue weighted by atomic mass is 9.72. The second-order valence-corrected chi connectivity index (χ2v) is 7.69. The molecule has 138 valence electrons. The van der Waals surface area contributed by atoms with E-state index in [1.807, 2.05) is 32.3 Å². The van der Waals surface area contributed by atoms with Crippen LogP contribution in [0.1, 0.15) is 30.9 Å². The van der Waals surface area contributed by atoms with Gasteiger partial charge in [0, 0.05) is 43.9 Å². The molecule has 6 heteroatoms. The van der Waals surface area contributed by atoms with Gasteiger partial charge in [-0.1, -0.05) is 25.1 Å². The first-order valence-electron chi connectivity index (χ1n) is 9.21. The quantitative estimate of drug-likeness (QED) is 0.860. The Bertz CT molecular complexity index is 819. The van der Waals surface area contributed by atoms with Crippen molar-refractivity contribution in [3.05, 3.63) is 35.4 Å². The van der Waals surface area contributed by atoms with E-state index in [1.54, 1.807) is 4.90 Å². The van der Waals surface area contributed by atoms with Gasteiger partial charge in [0.2, 0.25) is 5.91 Å². The summed E-state index contributed by atoms with van der Waals surface area (Å²) in [5, 5.41) is 13.9. The number of carbonyl (C=O) groups is 2. The zero-order chi connectivity index (χ0) is 18.6. The van der Waals surface area contributed by atoms with Crippen LogP contribution in [-0.4, -0.2) is 59.9 Å². The summed E-state index contributed by atoms with van der Waals surface area (Å²) in [6.07, 6.45) is 3.30. The van der Waals surface area contributed by atoms with Crippen LogP contribution < -0.4 is 5.32 Å². The van der Waals surface area contributed by atoms with Crippen LogP contribution in [0, 0.1) is 5.92 Å². The Morgan fingerprint density at radius 3 is 2.96 bits per heavy atom. The van der Waals surface area contributed by atoms with Gasteiger partial charge in [-0.25, -0.2) is 0 Å². The van der Waals surface area contributed by atoms with Gasteiger partial charge in [-0.15, -0.1) is 0 Å². The van der Waals surface area contributed by atoms with E-state index in [4.69, 9.17) is 0 Å². The molecule has 0 radical (unpaired) electrons. The standard InChI is InChI=1S/C20H25N3O3/c1-4-8-22(2)18(24)12-9-14-13-6-5-7-15-17(13)20(26,19(25)21-15)10-16(14)23(3)11-12/h5-7,9,12,16,26H,4,8,10-11H2,1-3H3,(H,21,25)/t12-,16-,20-/m0/s1. The molecule has 4 rings (SSSR count). The minimum absolute atomic E-state index is 0.0767. The van der Waals surface area contributed by atoms with Crippen molar-refractivity contribution in [1.82, 2.24) is 9.80 Å². The van der Waals surface area contributed by atoms with E-state index >= 15 is 0 Å². The average molecular weight is 355 g/mol. The highest BCUT2D eigenvalue weighted by Crippen LogP contribution is 2.51. The highest BCUT2D eigenvalue weighted by atomic mass is 16.3. The molecule has 2 heterocycles. The fraction of sp³-hybridized carbons (Fsp3) is 0.500. The van der Waals surface area contributed by atoms with Gasteiger partial charge in [-0.3, -0.25) is 14.5 Å². The van der Waals surface area contributed by atoms with Crippen molar-refractivity contribution in [2.75, 3.05) is 32.5 Å². The van der Waals surface area contributed by atoms with E-state index in [2.05, 4.69) is 23.2 Å². The number of hydrogen-bond acceptors (Lipinski definition) is 4. The Hall–Kier alpha value is -2.18. The van der Waals surface area contributed by atoms with Crippen LogP contribution in [0.4, 0.5) is 5.69 Å². The number of hydrogen-bond donors (Lipinski definition) is 2. The van der Waals surface area contributed by atoms with E-state index in [9.17, 15) is 14.7 Å². The molecule has 2 N–H and O–H groups in total. The summed E-state index contributed by atoms with van der Waals surface area (Å²) in [7, 11) is 3.81. The number of anilines is 1. The first-order valence-corrected chi connectivity index (χ1v) is 9.21. The molecule has 0 saturated carbocycles. The third-order valence-corrected chi connectivity index (χ3v) is 5.91. The number of amides is 2. The van der Waals surface area contributed by atoms with Crippen LogP contribution in [0.5, 0.6) is 0 Å². The van der Waals surface area contributed by atoms with Crippen molar-refractivity contribution in [3.8, 4) is 0 Å². The van der Waals surface area contributed by atoms with Crippen LogP contribution in [0.15, 0.2) is 24.3 Å². The first-order chi connectivity index (χ1) is 12.4. The summed E-state index contributed by atoms with van der Waals surface area (Å²) < 4.78 is 0. The smallest absolute Gasteiger partial charge is 0.261 e. The molecule has 0 unspecified atom stereocenters. The molecule has 2 aliphatic heterocycles. The molecule has 0 saturated heterocycles. The zero-order valence-electron chi connectivity index (χ0n) is 15.5. The van der Waals surface area contributed by atoms with Crippen molar-refractivity contribution < 1.29 is 14.7 Å². The number of aliphatic hydroxyl groups is 1. The van der Waals surface area contributed by atoms with Crippen LogP contribution >= 0.6 is 0 Å². The van der Waals surface area contributed by atoms with Gasteiger partial charge < -0.3 is 15.3 Å². The van der Waals surface area contributed by atoms with Crippen LogP contribution in [0.2, 0.25) is 0 Å². The Morgan fingerprint density at radius 2 is 2.23 bits per heavy atom. The fourth-order valence-corrected chi connectivity index (χ4v) is 4.63. The molecule has 0 aromatic heterocycles. The molecule has 1 aliphatic carbocycles. The molecule has 26 heavy (non-hydrogen) atoms. The summed E-state index contributed by atoms with van der Waals surface area (Å²) in [4.78, 5) is 29.1. The molecule has 0 spiro atoms. The summed E-state index contributed by atoms with van der Waals surface area (Å²) in [6, 6.07) is 5.57. The van der Waals surface area contributed by atoms with Gasteiger partial charge in [0.1, 0.15) is 0 Å². The van der Waals surface area contributed by atoms with Crippen LogP contribution in [0.3, 0.4) is 0 Å². The molecule has 1 aromatic carbocycles. The van der Waals surface area contributed by atoms with Crippen molar-refractivity contribution >= 4 is 23.1 Å². The van der Waals surface area contributed by atoms with Crippen LogP contribution in [0.25, 0.3) is 5.57 Å². The average Bonchev–Trinajstić information content (AvgIpc) is 2.87. The third-order valence-electron chi connectivity index (χ3n) is 5.91. The van der Waals surface area contributed by atoms with Crippen molar-refractivity contribution in [1.29, 1.82) is 0 Å². The maximum Gasteiger partial charge on any atom is 0.261 e. The highest BCUT2D eigenvalue weighted by molar-refractivity contribution is 6.08. The van der Waals surface area contributed by atoms with Gasteiger partial charge in [0.15, 0.2) is 5.60 Å². The number of benzene rings is 1. The molecule has 3 aliphatic rings. The molecule has 3 atom stereocenters. The lowest BCUT2D eigenvalue weighted by molar-refractivity contribution is -0.137. The Balaban J connectivity index is 1.79. The molecule has 0 fully saturated rings. The summed E-state index contributed by atoms with van der Waals surface area (Å²) in [6.45, 7) is 3.39. The van der Waals surface area contributed by atoms with E-state index in [1.165, 1.54) is 0 Å². The number of rotatable bonds is 3. The van der Waals surface area contributed by atoms with E-state index in [0.29, 0.717) is 24.2 Å². The summed E-state index contributed by atoms with van der Waals surface area (Å²) in [5.41, 5.74) is 1.77. The Kier molecular flexibility index (Phi) is 3.93. The van der Waals surface area contributed by atoms with Gasteiger partial charge in [0.25, 0.3) is 5.91 Å². The topological polar surface area (TPSA) is 72.9 Å². The highest BCUT2D eigenvalue weighted by Gasteiger charge is 2.53. The van der Waals surface area contributed by atoms with Gasteiger partial charge in [-0.2, -0.15) is 0 Å². The van der Waals surface area contributed by atoms with E-state index in [0.717, 1.165) is 24.1 Å².